The van der Waals surface area contributed by atoms with Gasteiger partial charge in [-0.2, -0.15) is 0 Å². The van der Waals surface area contributed by atoms with Gasteiger partial charge in [-0.15, -0.1) is 0 Å². The van der Waals surface area contributed by atoms with Gasteiger partial charge in [0.2, 0.25) is 0 Å². The smallest absolute Gasteiger partial charge is 0.303 e. The van der Waals surface area contributed by atoms with Gasteiger partial charge in [-0.25, -0.2) is 0 Å². The van der Waals surface area contributed by atoms with Crippen LogP contribution >= 0.6 is 11.6 Å². The summed E-state index contributed by atoms with van der Waals surface area (Å²) in [5, 5.41) is 9.65. The van der Waals surface area contributed by atoms with Crippen LogP contribution < -0.4 is 0 Å². The molecule has 0 fully saturated rings. The highest BCUT2D eigenvalue weighted by atomic mass is 35.5. The van der Waals surface area contributed by atoms with E-state index in [1.807, 2.05) is 66.7 Å². The van der Waals surface area contributed by atoms with Crippen molar-refractivity contribution in [2.24, 2.45) is 0 Å². The maximum Gasteiger partial charge on any atom is 0.303 e. The average Bonchev–Trinajstić information content (AvgIpc) is 2.98. The molecular formula is C19H16ClNO2. The van der Waals surface area contributed by atoms with Gasteiger partial charge in [0.15, 0.2) is 0 Å². The number of halogens is 1. The summed E-state index contributed by atoms with van der Waals surface area (Å²) in [6.07, 6.45) is 0.580. The van der Waals surface area contributed by atoms with E-state index in [9.17, 15) is 4.79 Å². The molecule has 0 radical (unpaired) electrons. The minimum absolute atomic E-state index is 0.103. The number of hydrogen-bond acceptors (Lipinski definition) is 1. The van der Waals surface area contributed by atoms with Crippen molar-refractivity contribution in [3.8, 4) is 16.9 Å². The summed E-state index contributed by atoms with van der Waals surface area (Å²) in [6, 6.07) is 21.6. The first kappa shape index (κ1) is 15.4. The molecule has 0 unspecified atom stereocenters. The molecule has 116 valence electrons. The zero-order valence-corrected chi connectivity index (χ0v) is 13.2. The summed E-state index contributed by atoms with van der Waals surface area (Å²) in [6.45, 7) is 0. The van der Waals surface area contributed by atoms with Gasteiger partial charge in [0.1, 0.15) is 0 Å². The minimum Gasteiger partial charge on any atom is -0.481 e. The molecule has 0 aliphatic carbocycles. The molecule has 0 amide bonds. The number of carboxylic acids is 1. The maximum absolute atomic E-state index is 10.9. The Kier molecular flexibility index (Phi) is 4.49. The van der Waals surface area contributed by atoms with Crippen molar-refractivity contribution < 1.29 is 9.90 Å². The predicted molar refractivity (Wildman–Crippen MR) is 92.2 cm³/mol. The van der Waals surface area contributed by atoms with Crippen LogP contribution in [0.4, 0.5) is 0 Å². The van der Waals surface area contributed by atoms with E-state index in [1.54, 1.807) is 0 Å². The number of aromatic nitrogens is 1. The summed E-state index contributed by atoms with van der Waals surface area (Å²) in [5.41, 5.74) is 4.06. The minimum atomic E-state index is -0.796. The molecule has 0 bridgehead atoms. The average molecular weight is 326 g/mol. The number of rotatable bonds is 5. The maximum atomic E-state index is 10.9. The highest BCUT2D eigenvalue weighted by Crippen LogP contribution is 2.28. The lowest BCUT2D eigenvalue weighted by atomic mass is 10.1. The predicted octanol–water partition coefficient (Wildman–Crippen LogP) is 4.81. The van der Waals surface area contributed by atoms with Crippen LogP contribution in [0, 0.1) is 0 Å². The van der Waals surface area contributed by atoms with Crippen molar-refractivity contribution in [2.45, 2.75) is 12.8 Å². The second-order valence-electron chi connectivity index (χ2n) is 5.28. The summed E-state index contributed by atoms with van der Waals surface area (Å²) in [7, 11) is 0. The zero-order valence-electron chi connectivity index (χ0n) is 12.4. The molecule has 1 N–H and O–H groups in total. The Morgan fingerprint density at radius 2 is 1.65 bits per heavy atom. The van der Waals surface area contributed by atoms with Crippen molar-refractivity contribution in [2.75, 3.05) is 0 Å². The SMILES string of the molecule is O=C(O)CCc1ccc(-c2ccccc2)n1-c1ccc(Cl)cc1. The van der Waals surface area contributed by atoms with Crippen molar-refractivity contribution in [1.29, 1.82) is 0 Å². The van der Waals surface area contributed by atoms with Gasteiger partial charge >= 0.3 is 5.97 Å². The molecule has 0 aliphatic heterocycles. The van der Waals surface area contributed by atoms with E-state index in [1.165, 1.54) is 0 Å². The molecule has 1 aromatic heterocycles. The lowest BCUT2D eigenvalue weighted by Crippen LogP contribution is -2.05. The standard InChI is InChI=1S/C19H16ClNO2/c20-15-6-8-16(9-7-15)21-17(11-13-19(22)23)10-12-18(21)14-4-2-1-3-5-14/h1-10,12H,11,13H2,(H,22,23). The van der Waals surface area contributed by atoms with Gasteiger partial charge in [-0.3, -0.25) is 4.79 Å². The molecule has 0 saturated carbocycles. The summed E-state index contributed by atoms with van der Waals surface area (Å²) in [4.78, 5) is 10.9. The summed E-state index contributed by atoms with van der Waals surface area (Å²) >= 11 is 5.99. The monoisotopic (exact) mass is 325 g/mol. The highest BCUT2D eigenvalue weighted by molar-refractivity contribution is 6.30. The van der Waals surface area contributed by atoms with Crippen molar-refractivity contribution in [3.05, 3.63) is 77.4 Å². The fourth-order valence-electron chi connectivity index (χ4n) is 2.64. The van der Waals surface area contributed by atoms with Crippen LogP contribution in [0.3, 0.4) is 0 Å². The molecule has 3 aromatic rings. The number of carbonyl (C=O) groups is 1. The number of hydrogen-bond donors (Lipinski definition) is 1. The lowest BCUT2D eigenvalue weighted by molar-refractivity contribution is -0.136. The first-order chi connectivity index (χ1) is 11.1. The Balaban J connectivity index is 2.10. The second kappa shape index (κ2) is 6.71. The zero-order chi connectivity index (χ0) is 16.2. The van der Waals surface area contributed by atoms with Gasteiger partial charge < -0.3 is 9.67 Å². The van der Waals surface area contributed by atoms with Crippen LogP contribution in [-0.4, -0.2) is 15.6 Å². The van der Waals surface area contributed by atoms with E-state index >= 15 is 0 Å². The van der Waals surface area contributed by atoms with Crippen LogP contribution in [0.1, 0.15) is 12.1 Å². The first-order valence-electron chi connectivity index (χ1n) is 7.39. The number of aryl methyl sites for hydroxylation is 1. The largest absolute Gasteiger partial charge is 0.481 e. The summed E-state index contributed by atoms with van der Waals surface area (Å²) < 4.78 is 2.09. The molecule has 23 heavy (non-hydrogen) atoms. The third kappa shape index (κ3) is 3.46. The van der Waals surface area contributed by atoms with Crippen molar-refractivity contribution in [3.63, 3.8) is 0 Å². The Bertz CT molecular complexity index is 807. The Hall–Kier alpha value is -2.52. The Labute approximate surface area is 139 Å². The van der Waals surface area contributed by atoms with Crippen LogP contribution in [0.2, 0.25) is 5.02 Å². The van der Waals surface area contributed by atoms with Crippen LogP contribution in [0.15, 0.2) is 66.7 Å². The van der Waals surface area contributed by atoms with E-state index in [2.05, 4.69) is 4.57 Å². The van der Waals surface area contributed by atoms with Gasteiger partial charge in [-0.05, 0) is 48.4 Å². The molecule has 0 aliphatic rings. The third-order valence-corrected chi connectivity index (χ3v) is 3.96. The van der Waals surface area contributed by atoms with E-state index in [4.69, 9.17) is 16.7 Å². The van der Waals surface area contributed by atoms with Gasteiger partial charge in [-0.1, -0.05) is 41.9 Å². The number of carboxylic acid groups (broad SMARTS) is 1. The number of aliphatic carboxylic acids is 1. The fraction of sp³-hybridized carbons (Fsp3) is 0.105. The van der Waals surface area contributed by atoms with Crippen molar-refractivity contribution >= 4 is 17.6 Å². The molecule has 0 saturated heterocycles. The van der Waals surface area contributed by atoms with E-state index in [-0.39, 0.29) is 6.42 Å². The van der Waals surface area contributed by atoms with E-state index in [0.29, 0.717) is 11.4 Å². The Morgan fingerprint density at radius 3 is 2.30 bits per heavy atom. The van der Waals surface area contributed by atoms with Crippen LogP contribution in [0.5, 0.6) is 0 Å². The van der Waals surface area contributed by atoms with Gasteiger partial charge in [0.25, 0.3) is 0 Å². The molecule has 0 atom stereocenters. The van der Waals surface area contributed by atoms with Gasteiger partial charge in [0, 0.05) is 16.4 Å². The van der Waals surface area contributed by atoms with E-state index < -0.39 is 5.97 Å². The molecule has 1 heterocycles. The molecular weight excluding hydrogens is 310 g/mol. The van der Waals surface area contributed by atoms with Gasteiger partial charge in [0.05, 0.1) is 12.1 Å². The molecule has 3 nitrogen and oxygen atoms in total. The molecule has 4 heteroatoms. The quantitative estimate of drug-likeness (QED) is 0.731. The lowest BCUT2D eigenvalue weighted by Gasteiger charge is -2.14. The third-order valence-electron chi connectivity index (χ3n) is 3.71. The molecule has 2 aromatic carbocycles. The highest BCUT2D eigenvalue weighted by Gasteiger charge is 2.13. The first-order valence-corrected chi connectivity index (χ1v) is 7.77. The normalized spacial score (nSPS) is 10.7. The van der Waals surface area contributed by atoms with Crippen LogP contribution in [0.25, 0.3) is 16.9 Å². The topological polar surface area (TPSA) is 42.2 Å². The Morgan fingerprint density at radius 1 is 0.957 bits per heavy atom. The fourth-order valence-corrected chi connectivity index (χ4v) is 2.76. The molecule has 3 rings (SSSR count). The van der Waals surface area contributed by atoms with E-state index in [0.717, 1.165) is 22.6 Å². The van der Waals surface area contributed by atoms with Crippen molar-refractivity contribution in [1.82, 2.24) is 4.57 Å². The number of nitrogens with zero attached hydrogens (tertiary/aromatic N) is 1. The van der Waals surface area contributed by atoms with Crippen LogP contribution in [-0.2, 0) is 11.2 Å². The molecule has 0 spiro atoms. The summed E-state index contributed by atoms with van der Waals surface area (Å²) in [5.74, 6) is -0.796. The number of benzene rings is 2. The second-order valence-corrected chi connectivity index (χ2v) is 5.72.